The van der Waals surface area contributed by atoms with E-state index >= 15 is 0 Å². The van der Waals surface area contributed by atoms with E-state index in [1.54, 1.807) is 33.5 Å². The molecule has 1 aliphatic heterocycles. The summed E-state index contributed by atoms with van der Waals surface area (Å²) in [5.74, 6) is 1.04. The summed E-state index contributed by atoms with van der Waals surface area (Å²) in [6.07, 6.45) is 3.84. The first-order valence-corrected chi connectivity index (χ1v) is 14.7. The van der Waals surface area contributed by atoms with E-state index in [1.165, 1.54) is 6.92 Å². The van der Waals surface area contributed by atoms with E-state index in [4.69, 9.17) is 18.9 Å². The molecule has 1 fully saturated rings. The number of nitrogens with one attached hydrogen (secondary N) is 3. The van der Waals surface area contributed by atoms with Gasteiger partial charge in [-0.15, -0.1) is 0 Å². The number of fused-ring (bicyclic) bond motifs is 3. The van der Waals surface area contributed by atoms with Crippen molar-refractivity contribution in [1.82, 2.24) is 10.6 Å². The second-order valence-corrected chi connectivity index (χ2v) is 11.0. The van der Waals surface area contributed by atoms with Crippen molar-refractivity contribution < 1.29 is 28.5 Å². The molecule has 0 aromatic heterocycles. The van der Waals surface area contributed by atoms with Crippen LogP contribution in [-0.2, 0) is 20.7 Å². The Kier molecular flexibility index (Phi) is 10.3. The van der Waals surface area contributed by atoms with Crippen LogP contribution in [-0.4, -0.2) is 58.4 Å². The molecule has 3 N–H and O–H groups in total. The number of rotatable bonds is 11. The summed E-state index contributed by atoms with van der Waals surface area (Å²) in [5.41, 5.74) is 3.12. The van der Waals surface area contributed by atoms with Crippen molar-refractivity contribution in [2.75, 3.05) is 39.8 Å². The van der Waals surface area contributed by atoms with Crippen LogP contribution in [0.15, 0.2) is 29.1 Å². The molecule has 228 valence electrons. The molecule has 0 spiro atoms. The first-order valence-electron chi connectivity index (χ1n) is 14.7. The Balaban J connectivity index is 1.81. The maximum absolute atomic E-state index is 13.8. The summed E-state index contributed by atoms with van der Waals surface area (Å²) in [5, 5.41) is 9.29. The average Bonchev–Trinajstić information content (AvgIpc) is 3.40. The third-order valence-electron chi connectivity index (χ3n) is 8.25. The lowest BCUT2D eigenvalue weighted by atomic mass is 9.95. The van der Waals surface area contributed by atoms with Gasteiger partial charge in [0.1, 0.15) is 6.04 Å². The van der Waals surface area contributed by atoms with Crippen LogP contribution in [0.4, 0.5) is 5.69 Å². The highest BCUT2D eigenvalue weighted by atomic mass is 16.5. The van der Waals surface area contributed by atoms with Crippen LogP contribution < -0.4 is 35.6 Å². The minimum atomic E-state index is -0.622. The minimum absolute atomic E-state index is 0.0168. The van der Waals surface area contributed by atoms with Gasteiger partial charge in [-0.2, -0.15) is 0 Å². The standard InChI is InChI=1S/C32H43N3O7/c1-7-18(2)29(32(38)33-17-21-9-8-14-42-21)35-25-13-11-22-23(16-26(25)37)24(34-19(3)36)12-10-20-15-27(39-4)30(40-5)31(41-6)28(20)22/h11,13,15-16,18,21,24,29H,7-10,12,14,17H2,1-6H3,(H,33,38)(H,34,36)(H,35,37)/t18-,21-,24+,29+/m1/s1. The molecule has 2 aromatic carbocycles. The molecule has 4 atom stereocenters. The van der Waals surface area contributed by atoms with E-state index in [2.05, 4.69) is 16.0 Å². The van der Waals surface area contributed by atoms with Gasteiger partial charge in [0.15, 0.2) is 11.5 Å². The molecule has 2 aromatic rings. The molecule has 4 rings (SSSR count). The van der Waals surface area contributed by atoms with Crippen LogP contribution in [0, 0.1) is 5.92 Å². The zero-order valence-corrected chi connectivity index (χ0v) is 25.4. The van der Waals surface area contributed by atoms with Gasteiger partial charge >= 0.3 is 0 Å². The highest BCUT2D eigenvalue weighted by Crippen LogP contribution is 2.50. The largest absolute Gasteiger partial charge is 0.493 e. The van der Waals surface area contributed by atoms with Crippen molar-refractivity contribution in [3.05, 3.63) is 45.6 Å². The molecule has 0 bridgehead atoms. The van der Waals surface area contributed by atoms with Crippen molar-refractivity contribution in [3.8, 4) is 28.4 Å². The molecule has 10 nitrogen and oxygen atoms in total. The maximum Gasteiger partial charge on any atom is 0.242 e. The highest BCUT2D eigenvalue weighted by molar-refractivity contribution is 5.86. The first-order chi connectivity index (χ1) is 20.2. The lowest BCUT2D eigenvalue weighted by Crippen LogP contribution is -2.46. The quantitative estimate of drug-likeness (QED) is 0.364. The second-order valence-electron chi connectivity index (χ2n) is 11.0. The Labute approximate surface area is 247 Å². The molecule has 1 heterocycles. The van der Waals surface area contributed by atoms with E-state index < -0.39 is 12.1 Å². The molecular formula is C32H43N3O7. The Morgan fingerprint density at radius 1 is 1.07 bits per heavy atom. The number of ether oxygens (including phenoxy) is 4. The van der Waals surface area contributed by atoms with Gasteiger partial charge in [-0.1, -0.05) is 26.3 Å². The van der Waals surface area contributed by atoms with Gasteiger partial charge < -0.3 is 34.9 Å². The number of carbonyl (C=O) groups is 2. The van der Waals surface area contributed by atoms with Crippen LogP contribution in [0.1, 0.15) is 63.6 Å². The number of benzene rings is 1. The molecule has 2 amide bonds. The van der Waals surface area contributed by atoms with Crippen molar-refractivity contribution in [2.45, 2.75) is 71.1 Å². The lowest BCUT2D eigenvalue weighted by molar-refractivity contribution is -0.123. The number of hydrogen-bond acceptors (Lipinski definition) is 8. The Hall–Kier alpha value is -3.79. The van der Waals surface area contributed by atoms with E-state index in [0.717, 1.165) is 36.0 Å². The van der Waals surface area contributed by atoms with Crippen molar-refractivity contribution in [1.29, 1.82) is 0 Å². The molecule has 1 aliphatic carbocycles. The number of aryl methyl sites for hydroxylation is 1. The molecule has 10 heteroatoms. The Bertz CT molecular complexity index is 1360. The van der Waals surface area contributed by atoms with Crippen LogP contribution in [0.3, 0.4) is 0 Å². The topological polar surface area (TPSA) is 124 Å². The van der Waals surface area contributed by atoms with E-state index in [0.29, 0.717) is 54.5 Å². The van der Waals surface area contributed by atoms with Gasteiger partial charge in [0.25, 0.3) is 0 Å². The van der Waals surface area contributed by atoms with Gasteiger partial charge in [0.05, 0.1) is 39.2 Å². The molecular weight excluding hydrogens is 538 g/mol. The highest BCUT2D eigenvalue weighted by Gasteiger charge is 2.30. The van der Waals surface area contributed by atoms with E-state index in [9.17, 15) is 14.4 Å². The van der Waals surface area contributed by atoms with E-state index in [1.807, 2.05) is 26.0 Å². The Morgan fingerprint density at radius 2 is 1.83 bits per heavy atom. The van der Waals surface area contributed by atoms with Crippen LogP contribution >= 0.6 is 0 Å². The predicted molar refractivity (Wildman–Crippen MR) is 162 cm³/mol. The number of methoxy groups -OCH3 is 3. The molecule has 2 aliphatic rings. The van der Waals surface area contributed by atoms with Crippen LogP contribution in [0.2, 0.25) is 0 Å². The van der Waals surface area contributed by atoms with Crippen LogP contribution in [0.25, 0.3) is 11.1 Å². The summed E-state index contributed by atoms with van der Waals surface area (Å²) >= 11 is 0. The van der Waals surface area contributed by atoms with Gasteiger partial charge in [-0.05, 0) is 66.5 Å². The average molecular weight is 582 g/mol. The summed E-state index contributed by atoms with van der Waals surface area (Å²) in [6.45, 7) is 6.62. The SMILES string of the molecule is CC[C@@H](C)[C@H](Nc1ccc2c(cc1=O)[C@@H](NC(C)=O)CCc1cc(OC)c(OC)c(OC)c1-2)C(=O)NC[C@H]1CCCO1. The molecule has 0 saturated carbocycles. The van der Waals surface area contributed by atoms with Crippen LogP contribution in [0.5, 0.6) is 17.2 Å². The molecule has 1 saturated heterocycles. The number of carbonyl (C=O) groups excluding carboxylic acids is 2. The summed E-state index contributed by atoms with van der Waals surface area (Å²) in [7, 11) is 4.68. The van der Waals surface area contributed by atoms with Gasteiger partial charge in [0.2, 0.25) is 23.0 Å². The second kappa shape index (κ2) is 13.9. The minimum Gasteiger partial charge on any atom is -0.493 e. The van der Waals surface area contributed by atoms with Gasteiger partial charge in [-0.3, -0.25) is 14.4 Å². The maximum atomic E-state index is 13.8. The Morgan fingerprint density at radius 3 is 2.45 bits per heavy atom. The summed E-state index contributed by atoms with van der Waals surface area (Å²) in [6, 6.07) is 5.99. The molecule has 42 heavy (non-hydrogen) atoms. The van der Waals surface area contributed by atoms with Gasteiger partial charge in [0, 0.05) is 25.6 Å². The third-order valence-corrected chi connectivity index (χ3v) is 8.25. The fourth-order valence-electron chi connectivity index (χ4n) is 5.83. The predicted octanol–water partition coefficient (Wildman–Crippen LogP) is 3.98. The zero-order chi connectivity index (χ0) is 30.4. The monoisotopic (exact) mass is 581 g/mol. The lowest BCUT2D eigenvalue weighted by Gasteiger charge is -2.24. The molecule has 0 unspecified atom stereocenters. The number of anilines is 1. The van der Waals surface area contributed by atoms with Crippen molar-refractivity contribution in [3.63, 3.8) is 0 Å². The summed E-state index contributed by atoms with van der Waals surface area (Å²) < 4.78 is 22.8. The zero-order valence-electron chi connectivity index (χ0n) is 25.4. The normalized spacial score (nSPS) is 18.9. The fraction of sp³-hybridized carbons (Fsp3) is 0.531. The number of hydrogen-bond donors (Lipinski definition) is 3. The third kappa shape index (κ3) is 6.64. The van der Waals surface area contributed by atoms with Crippen molar-refractivity contribution in [2.24, 2.45) is 5.92 Å². The van der Waals surface area contributed by atoms with Gasteiger partial charge in [-0.25, -0.2) is 0 Å². The van der Waals surface area contributed by atoms with Crippen molar-refractivity contribution >= 4 is 17.5 Å². The molecule has 0 radical (unpaired) electrons. The first kappa shape index (κ1) is 31.2. The number of amides is 2. The summed E-state index contributed by atoms with van der Waals surface area (Å²) in [4.78, 5) is 39.3. The smallest absolute Gasteiger partial charge is 0.242 e. The van der Waals surface area contributed by atoms with E-state index in [-0.39, 0.29) is 29.3 Å². The fourth-order valence-corrected chi connectivity index (χ4v) is 5.83.